The Morgan fingerprint density at radius 2 is 2.00 bits per heavy atom. The Labute approximate surface area is 131 Å². The number of carbonyl (C=O) groups is 1. The summed E-state index contributed by atoms with van der Waals surface area (Å²) >= 11 is 5.05. The number of urea groups is 1. The van der Waals surface area contributed by atoms with Crippen molar-refractivity contribution in [3.05, 3.63) is 58.6 Å². The van der Waals surface area contributed by atoms with Gasteiger partial charge in [-0.15, -0.1) is 11.8 Å². The van der Waals surface area contributed by atoms with Crippen LogP contribution in [0.3, 0.4) is 0 Å². The molecule has 0 spiro atoms. The molecule has 0 aliphatic carbocycles. The van der Waals surface area contributed by atoms with Crippen LogP contribution in [0, 0.1) is 0 Å². The monoisotopic (exact) mass is 350 g/mol. The van der Waals surface area contributed by atoms with Crippen molar-refractivity contribution in [1.29, 1.82) is 0 Å². The highest BCUT2D eigenvalue weighted by atomic mass is 79.9. The third-order valence-electron chi connectivity index (χ3n) is 2.67. The molecule has 0 atom stereocenters. The van der Waals surface area contributed by atoms with Crippen molar-refractivity contribution in [2.24, 2.45) is 0 Å². The summed E-state index contributed by atoms with van der Waals surface area (Å²) in [6.45, 7) is 0.494. The molecule has 2 aromatic carbocycles. The smallest absolute Gasteiger partial charge is 0.319 e. The van der Waals surface area contributed by atoms with Gasteiger partial charge in [-0.3, -0.25) is 0 Å². The van der Waals surface area contributed by atoms with Gasteiger partial charge in [0.15, 0.2) is 0 Å². The van der Waals surface area contributed by atoms with E-state index in [0.29, 0.717) is 6.54 Å². The van der Waals surface area contributed by atoms with E-state index in [1.165, 1.54) is 0 Å². The van der Waals surface area contributed by atoms with Crippen molar-refractivity contribution < 1.29 is 4.79 Å². The molecule has 2 N–H and O–H groups in total. The molecule has 0 aliphatic rings. The molecule has 2 rings (SSSR count). The molecule has 0 saturated heterocycles. The van der Waals surface area contributed by atoms with E-state index in [9.17, 15) is 4.79 Å². The second-order valence-electron chi connectivity index (χ2n) is 4.17. The fraction of sp³-hybridized carbons (Fsp3) is 0.133. The normalized spacial score (nSPS) is 10.1. The standard InChI is InChI=1S/C15H15BrN2OS/c1-20-14-7-3-6-13(9-14)18-15(19)17-10-11-4-2-5-12(16)8-11/h2-9H,10H2,1H3,(H2,17,18,19). The van der Waals surface area contributed by atoms with Gasteiger partial charge in [-0.1, -0.05) is 34.1 Å². The predicted molar refractivity (Wildman–Crippen MR) is 88.2 cm³/mol. The Hall–Kier alpha value is -1.46. The molecule has 0 saturated carbocycles. The maximum Gasteiger partial charge on any atom is 0.319 e. The minimum Gasteiger partial charge on any atom is -0.334 e. The first-order chi connectivity index (χ1) is 9.67. The Bertz CT molecular complexity index is 604. The van der Waals surface area contributed by atoms with Gasteiger partial charge in [0.1, 0.15) is 0 Å². The molecule has 0 fully saturated rings. The van der Waals surface area contributed by atoms with E-state index in [1.807, 2.05) is 54.8 Å². The SMILES string of the molecule is CSc1cccc(NC(=O)NCc2cccc(Br)c2)c1. The number of benzene rings is 2. The van der Waals surface area contributed by atoms with Crippen LogP contribution in [0.1, 0.15) is 5.56 Å². The Morgan fingerprint density at radius 3 is 2.75 bits per heavy atom. The fourth-order valence-electron chi connectivity index (χ4n) is 1.71. The fourth-order valence-corrected chi connectivity index (χ4v) is 2.61. The first kappa shape index (κ1) is 14.9. The molecule has 0 radical (unpaired) electrons. The van der Waals surface area contributed by atoms with Gasteiger partial charge < -0.3 is 10.6 Å². The lowest BCUT2D eigenvalue weighted by Crippen LogP contribution is -2.28. The minimum absolute atomic E-state index is 0.205. The van der Waals surface area contributed by atoms with E-state index in [2.05, 4.69) is 26.6 Å². The van der Waals surface area contributed by atoms with Gasteiger partial charge in [-0.05, 0) is 42.2 Å². The molecular formula is C15H15BrN2OS. The summed E-state index contributed by atoms with van der Waals surface area (Å²) in [4.78, 5) is 12.9. The Kier molecular flexibility index (Phi) is 5.49. The summed E-state index contributed by atoms with van der Waals surface area (Å²) in [6, 6.07) is 15.4. The summed E-state index contributed by atoms with van der Waals surface area (Å²) in [7, 11) is 0. The summed E-state index contributed by atoms with van der Waals surface area (Å²) in [6.07, 6.45) is 2.01. The van der Waals surface area contributed by atoms with Gasteiger partial charge in [-0.2, -0.15) is 0 Å². The number of halogens is 1. The van der Waals surface area contributed by atoms with E-state index in [1.54, 1.807) is 11.8 Å². The van der Waals surface area contributed by atoms with Crippen molar-refractivity contribution in [3.63, 3.8) is 0 Å². The lowest BCUT2D eigenvalue weighted by molar-refractivity contribution is 0.251. The van der Waals surface area contributed by atoms with Gasteiger partial charge in [0.25, 0.3) is 0 Å². The number of rotatable bonds is 4. The van der Waals surface area contributed by atoms with Gasteiger partial charge in [0, 0.05) is 21.6 Å². The summed E-state index contributed by atoms with van der Waals surface area (Å²) in [5.74, 6) is 0. The number of nitrogens with one attached hydrogen (secondary N) is 2. The maximum absolute atomic E-state index is 11.8. The van der Waals surface area contributed by atoms with Gasteiger partial charge >= 0.3 is 6.03 Å². The lowest BCUT2D eigenvalue weighted by atomic mass is 10.2. The molecule has 2 aromatic rings. The number of thioether (sulfide) groups is 1. The van der Waals surface area contributed by atoms with E-state index in [4.69, 9.17) is 0 Å². The van der Waals surface area contributed by atoms with Crippen LogP contribution in [0.4, 0.5) is 10.5 Å². The molecule has 5 heteroatoms. The van der Waals surface area contributed by atoms with Crippen molar-refractivity contribution in [3.8, 4) is 0 Å². The van der Waals surface area contributed by atoms with Crippen molar-refractivity contribution >= 4 is 39.4 Å². The molecule has 0 unspecified atom stereocenters. The first-order valence-corrected chi connectivity index (χ1v) is 8.12. The minimum atomic E-state index is -0.205. The molecule has 0 bridgehead atoms. The second-order valence-corrected chi connectivity index (χ2v) is 5.96. The predicted octanol–water partition coefficient (Wildman–Crippen LogP) is 4.49. The van der Waals surface area contributed by atoms with Crippen LogP contribution in [0.15, 0.2) is 57.9 Å². The average Bonchev–Trinajstić information content (AvgIpc) is 2.45. The lowest BCUT2D eigenvalue weighted by Gasteiger charge is -2.08. The van der Waals surface area contributed by atoms with Crippen LogP contribution in [0.25, 0.3) is 0 Å². The maximum atomic E-state index is 11.8. The summed E-state index contributed by atoms with van der Waals surface area (Å²) < 4.78 is 1.00. The Balaban J connectivity index is 1.89. The molecule has 3 nitrogen and oxygen atoms in total. The highest BCUT2D eigenvalue weighted by molar-refractivity contribution is 9.10. The zero-order valence-corrected chi connectivity index (χ0v) is 13.4. The number of hydrogen-bond acceptors (Lipinski definition) is 2. The van der Waals surface area contributed by atoms with Crippen LogP contribution in [0.5, 0.6) is 0 Å². The summed E-state index contributed by atoms with van der Waals surface area (Å²) in [5.41, 5.74) is 1.84. The van der Waals surface area contributed by atoms with Gasteiger partial charge in [-0.25, -0.2) is 4.79 Å². The van der Waals surface area contributed by atoms with Crippen LogP contribution in [0.2, 0.25) is 0 Å². The second kappa shape index (κ2) is 7.36. The highest BCUT2D eigenvalue weighted by Gasteiger charge is 2.02. The first-order valence-electron chi connectivity index (χ1n) is 6.11. The van der Waals surface area contributed by atoms with Gasteiger partial charge in [0.05, 0.1) is 0 Å². The van der Waals surface area contributed by atoms with Crippen LogP contribution in [-0.4, -0.2) is 12.3 Å². The molecule has 0 heterocycles. The molecular weight excluding hydrogens is 336 g/mol. The van der Waals surface area contributed by atoms with E-state index in [-0.39, 0.29) is 6.03 Å². The average molecular weight is 351 g/mol. The third kappa shape index (κ3) is 4.58. The topological polar surface area (TPSA) is 41.1 Å². The largest absolute Gasteiger partial charge is 0.334 e. The van der Waals surface area contributed by atoms with E-state index in [0.717, 1.165) is 20.6 Å². The Morgan fingerprint density at radius 1 is 1.20 bits per heavy atom. The molecule has 2 amide bonds. The number of hydrogen-bond donors (Lipinski definition) is 2. The van der Waals surface area contributed by atoms with Crippen molar-refractivity contribution in [2.75, 3.05) is 11.6 Å². The van der Waals surface area contributed by atoms with Crippen LogP contribution >= 0.6 is 27.7 Å². The quantitative estimate of drug-likeness (QED) is 0.797. The van der Waals surface area contributed by atoms with Crippen molar-refractivity contribution in [1.82, 2.24) is 5.32 Å². The molecule has 20 heavy (non-hydrogen) atoms. The van der Waals surface area contributed by atoms with Crippen LogP contribution in [-0.2, 0) is 6.54 Å². The zero-order chi connectivity index (χ0) is 14.4. The molecule has 104 valence electrons. The number of amides is 2. The number of anilines is 1. The zero-order valence-electron chi connectivity index (χ0n) is 11.0. The van der Waals surface area contributed by atoms with Gasteiger partial charge in [0.2, 0.25) is 0 Å². The molecule has 0 aliphatic heterocycles. The van der Waals surface area contributed by atoms with Crippen molar-refractivity contribution in [2.45, 2.75) is 11.4 Å². The summed E-state index contributed by atoms with van der Waals surface area (Å²) in [5, 5.41) is 5.66. The van der Waals surface area contributed by atoms with E-state index < -0.39 is 0 Å². The molecule has 0 aromatic heterocycles. The van der Waals surface area contributed by atoms with Crippen LogP contribution < -0.4 is 10.6 Å². The third-order valence-corrected chi connectivity index (χ3v) is 3.89. The van der Waals surface area contributed by atoms with E-state index >= 15 is 0 Å². The number of carbonyl (C=O) groups excluding carboxylic acids is 1. The highest BCUT2D eigenvalue weighted by Crippen LogP contribution is 2.18.